The van der Waals surface area contributed by atoms with E-state index in [2.05, 4.69) is 17.9 Å². The molecule has 0 aliphatic carbocycles. The molecule has 1 fully saturated rings. The molecular formula is C22H28N2O3. The zero-order valence-corrected chi connectivity index (χ0v) is 16.2. The zero-order chi connectivity index (χ0) is 19.1. The van der Waals surface area contributed by atoms with Crippen LogP contribution in [0.25, 0.3) is 0 Å². The lowest BCUT2D eigenvalue weighted by Crippen LogP contribution is -2.50. The van der Waals surface area contributed by atoms with Gasteiger partial charge in [0.2, 0.25) is 5.91 Å². The van der Waals surface area contributed by atoms with Gasteiger partial charge < -0.3 is 14.4 Å². The second kappa shape index (κ2) is 9.42. The van der Waals surface area contributed by atoms with E-state index in [0.717, 1.165) is 49.8 Å². The first-order valence-corrected chi connectivity index (χ1v) is 9.47. The number of piperazine rings is 1. The third-order valence-corrected chi connectivity index (χ3v) is 5.06. The lowest BCUT2D eigenvalue weighted by Gasteiger charge is -2.34. The second-order valence-electron chi connectivity index (χ2n) is 6.85. The fourth-order valence-corrected chi connectivity index (χ4v) is 3.27. The predicted octanol–water partition coefficient (Wildman–Crippen LogP) is 2.77. The number of ether oxygens (including phenoxy) is 2. The van der Waals surface area contributed by atoms with Crippen LogP contribution in [0, 0.1) is 6.92 Å². The largest absolute Gasteiger partial charge is 0.497 e. The quantitative estimate of drug-likeness (QED) is 0.754. The summed E-state index contributed by atoms with van der Waals surface area (Å²) in [6.07, 6.45) is 0.493. The number of aryl methyl sites for hydroxylation is 1. The minimum absolute atomic E-state index is 0.221. The number of hydrogen-bond donors (Lipinski definition) is 0. The van der Waals surface area contributed by atoms with Crippen LogP contribution in [0.4, 0.5) is 0 Å². The first-order chi connectivity index (χ1) is 13.2. The van der Waals surface area contributed by atoms with Crippen molar-refractivity contribution >= 4 is 5.91 Å². The number of carbonyl (C=O) groups is 1. The summed E-state index contributed by atoms with van der Waals surface area (Å²) >= 11 is 0. The Kier molecular flexibility index (Phi) is 6.71. The monoisotopic (exact) mass is 368 g/mol. The maximum atomic E-state index is 12.6. The smallest absolute Gasteiger partial charge is 0.227 e. The summed E-state index contributed by atoms with van der Waals surface area (Å²) < 4.78 is 10.9. The molecule has 1 heterocycles. The molecule has 2 aromatic rings. The van der Waals surface area contributed by atoms with Crippen LogP contribution in [0.5, 0.6) is 11.5 Å². The lowest BCUT2D eigenvalue weighted by molar-refractivity contribution is -0.132. The number of nitrogens with zero attached hydrogens (tertiary/aromatic N) is 2. The van der Waals surface area contributed by atoms with Gasteiger partial charge in [0.1, 0.15) is 18.1 Å². The van der Waals surface area contributed by atoms with Crippen molar-refractivity contribution in [3.63, 3.8) is 0 Å². The summed E-state index contributed by atoms with van der Waals surface area (Å²) in [4.78, 5) is 16.9. The third kappa shape index (κ3) is 5.47. The van der Waals surface area contributed by atoms with Crippen LogP contribution in [-0.4, -0.2) is 62.1 Å². The Morgan fingerprint density at radius 3 is 2.30 bits per heavy atom. The van der Waals surface area contributed by atoms with Crippen LogP contribution in [0.2, 0.25) is 0 Å². The van der Waals surface area contributed by atoms with Gasteiger partial charge in [-0.15, -0.1) is 0 Å². The predicted molar refractivity (Wildman–Crippen MR) is 106 cm³/mol. The van der Waals surface area contributed by atoms with Crippen LogP contribution < -0.4 is 9.47 Å². The van der Waals surface area contributed by atoms with Crippen LogP contribution >= 0.6 is 0 Å². The van der Waals surface area contributed by atoms with E-state index in [4.69, 9.17) is 9.47 Å². The van der Waals surface area contributed by atoms with E-state index in [-0.39, 0.29) is 5.91 Å². The number of rotatable bonds is 7. The van der Waals surface area contributed by atoms with Gasteiger partial charge in [-0.3, -0.25) is 9.69 Å². The third-order valence-electron chi connectivity index (χ3n) is 5.06. The van der Waals surface area contributed by atoms with Crippen molar-refractivity contribution in [3.8, 4) is 11.5 Å². The summed E-state index contributed by atoms with van der Waals surface area (Å²) in [5.41, 5.74) is 2.30. The highest BCUT2D eigenvalue weighted by Crippen LogP contribution is 2.17. The van der Waals surface area contributed by atoms with E-state index in [0.29, 0.717) is 13.0 Å². The topological polar surface area (TPSA) is 42.0 Å². The van der Waals surface area contributed by atoms with E-state index in [1.807, 2.05) is 47.4 Å². The Bertz CT molecular complexity index is 737. The zero-order valence-electron chi connectivity index (χ0n) is 16.2. The highest BCUT2D eigenvalue weighted by atomic mass is 16.5. The number of methoxy groups -OCH3 is 1. The second-order valence-corrected chi connectivity index (χ2v) is 6.85. The van der Waals surface area contributed by atoms with Crippen LogP contribution in [0.1, 0.15) is 11.1 Å². The fraction of sp³-hybridized carbons (Fsp3) is 0.409. The van der Waals surface area contributed by atoms with Crippen LogP contribution in [0.3, 0.4) is 0 Å². The van der Waals surface area contributed by atoms with Gasteiger partial charge in [-0.2, -0.15) is 0 Å². The van der Waals surface area contributed by atoms with Crippen LogP contribution in [-0.2, 0) is 11.2 Å². The average molecular weight is 368 g/mol. The van der Waals surface area contributed by atoms with Gasteiger partial charge in [-0.05, 0) is 42.3 Å². The molecule has 1 aliphatic heterocycles. The van der Waals surface area contributed by atoms with Gasteiger partial charge in [-0.25, -0.2) is 0 Å². The van der Waals surface area contributed by atoms with Crippen molar-refractivity contribution in [2.24, 2.45) is 0 Å². The van der Waals surface area contributed by atoms with Gasteiger partial charge in [0.05, 0.1) is 13.5 Å². The molecule has 5 nitrogen and oxygen atoms in total. The molecule has 0 spiro atoms. The fourth-order valence-electron chi connectivity index (χ4n) is 3.27. The molecular weight excluding hydrogens is 340 g/mol. The minimum atomic E-state index is 0.221. The number of hydrogen-bond acceptors (Lipinski definition) is 4. The van der Waals surface area contributed by atoms with Gasteiger partial charge in [0.15, 0.2) is 0 Å². The molecule has 5 heteroatoms. The molecule has 3 rings (SSSR count). The standard InChI is InChI=1S/C22H28N2O3/c1-18-5-3-4-6-19(18)17-22(25)24-13-11-23(12-14-24)15-16-27-21-9-7-20(26-2)8-10-21/h3-10H,11-17H2,1-2H3. The van der Waals surface area contributed by atoms with Crippen molar-refractivity contribution in [2.75, 3.05) is 46.4 Å². The summed E-state index contributed by atoms with van der Waals surface area (Å²) in [6, 6.07) is 15.7. The Morgan fingerprint density at radius 1 is 0.963 bits per heavy atom. The van der Waals surface area contributed by atoms with E-state index in [1.54, 1.807) is 7.11 Å². The van der Waals surface area contributed by atoms with Crippen molar-refractivity contribution in [3.05, 3.63) is 59.7 Å². The minimum Gasteiger partial charge on any atom is -0.497 e. The molecule has 2 aromatic carbocycles. The van der Waals surface area contributed by atoms with Crippen molar-refractivity contribution in [2.45, 2.75) is 13.3 Å². The van der Waals surface area contributed by atoms with Gasteiger partial charge in [-0.1, -0.05) is 24.3 Å². The molecule has 0 aromatic heterocycles. The maximum absolute atomic E-state index is 12.6. The first-order valence-electron chi connectivity index (χ1n) is 9.47. The first kappa shape index (κ1) is 19.2. The molecule has 0 N–H and O–H groups in total. The van der Waals surface area contributed by atoms with Gasteiger partial charge >= 0.3 is 0 Å². The normalized spacial score (nSPS) is 14.8. The van der Waals surface area contributed by atoms with Crippen LogP contribution in [0.15, 0.2) is 48.5 Å². The van der Waals surface area contributed by atoms with E-state index >= 15 is 0 Å². The summed E-state index contributed by atoms with van der Waals surface area (Å²) in [5, 5.41) is 0. The van der Waals surface area contributed by atoms with E-state index in [1.165, 1.54) is 5.56 Å². The van der Waals surface area contributed by atoms with Gasteiger partial charge in [0.25, 0.3) is 0 Å². The molecule has 0 unspecified atom stereocenters. The molecule has 1 aliphatic rings. The van der Waals surface area contributed by atoms with Crippen molar-refractivity contribution in [1.29, 1.82) is 0 Å². The number of carbonyl (C=O) groups excluding carboxylic acids is 1. The Balaban J connectivity index is 1.38. The van der Waals surface area contributed by atoms with Crippen molar-refractivity contribution < 1.29 is 14.3 Å². The SMILES string of the molecule is COc1ccc(OCCN2CCN(C(=O)Cc3ccccc3C)CC2)cc1. The molecule has 144 valence electrons. The molecule has 0 atom stereocenters. The highest BCUT2D eigenvalue weighted by molar-refractivity contribution is 5.79. The molecule has 27 heavy (non-hydrogen) atoms. The summed E-state index contributed by atoms with van der Waals surface area (Å²) in [7, 11) is 1.65. The Hall–Kier alpha value is -2.53. The van der Waals surface area contributed by atoms with E-state index < -0.39 is 0 Å². The van der Waals surface area contributed by atoms with Crippen molar-refractivity contribution in [1.82, 2.24) is 9.80 Å². The summed E-state index contributed by atoms with van der Waals surface area (Å²) in [6.45, 7) is 6.93. The molecule has 0 bridgehead atoms. The average Bonchev–Trinajstić information content (AvgIpc) is 2.71. The lowest BCUT2D eigenvalue weighted by atomic mass is 10.1. The molecule has 1 amide bonds. The Morgan fingerprint density at radius 2 is 1.63 bits per heavy atom. The highest BCUT2D eigenvalue weighted by Gasteiger charge is 2.21. The molecule has 1 saturated heterocycles. The van der Waals surface area contributed by atoms with Gasteiger partial charge in [0, 0.05) is 32.7 Å². The Labute approximate surface area is 161 Å². The molecule has 0 radical (unpaired) electrons. The summed E-state index contributed by atoms with van der Waals surface area (Å²) in [5.74, 6) is 1.90. The maximum Gasteiger partial charge on any atom is 0.227 e. The van der Waals surface area contributed by atoms with E-state index in [9.17, 15) is 4.79 Å². The number of benzene rings is 2. The number of amides is 1. The molecule has 0 saturated carbocycles.